The minimum absolute atomic E-state index is 0.0830. The van der Waals surface area contributed by atoms with Gasteiger partial charge in [-0.15, -0.1) is 0 Å². The lowest BCUT2D eigenvalue weighted by molar-refractivity contribution is 0.586. The summed E-state index contributed by atoms with van der Waals surface area (Å²) in [5.74, 6) is -1.23. The van der Waals surface area contributed by atoms with E-state index in [1.165, 1.54) is 50.5 Å². The summed E-state index contributed by atoms with van der Waals surface area (Å²) < 4.78 is 34.3. The van der Waals surface area contributed by atoms with Crippen LogP contribution in [-0.2, 0) is 0 Å². The van der Waals surface area contributed by atoms with Crippen molar-refractivity contribution < 1.29 is 8.78 Å². The molecule has 0 saturated heterocycles. The maximum atomic E-state index is 17.1. The highest BCUT2D eigenvalue weighted by molar-refractivity contribution is 8.00. The third-order valence-corrected chi connectivity index (χ3v) is 15.0. The number of nitrogens with zero attached hydrogens (tertiary/aromatic N) is 2. The molecule has 2 nitrogen and oxygen atoms in total. The molecule has 0 saturated carbocycles. The molecule has 64 heavy (non-hydrogen) atoms. The van der Waals surface area contributed by atoms with Crippen molar-refractivity contribution in [1.82, 2.24) is 0 Å². The summed E-state index contributed by atoms with van der Waals surface area (Å²) in [7, 11) is 0. The number of halogens is 2. The van der Waals surface area contributed by atoms with Crippen molar-refractivity contribution in [1.29, 1.82) is 0 Å². The van der Waals surface area contributed by atoms with E-state index in [1.807, 2.05) is 4.90 Å². The van der Waals surface area contributed by atoms with Crippen molar-refractivity contribution in [3.63, 3.8) is 0 Å². The molecule has 0 amide bonds. The molecule has 9 aromatic rings. The minimum atomic E-state index is -0.616. The highest BCUT2D eigenvalue weighted by atomic mass is 32.2. The van der Waals surface area contributed by atoms with Gasteiger partial charge in [0, 0.05) is 43.7 Å². The van der Waals surface area contributed by atoms with E-state index in [0.29, 0.717) is 0 Å². The van der Waals surface area contributed by atoms with Crippen LogP contribution in [-0.4, -0.2) is 13.4 Å². The van der Waals surface area contributed by atoms with Gasteiger partial charge < -0.3 is 9.80 Å². The fourth-order valence-electron chi connectivity index (χ4n) is 11.3. The summed E-state index contributed by atoms with van der Waals surface area (Å²) in [6, 6.07) is 61.0. The zero-order valence-electron chi connectivity index (χ0n) is 35.5. The predicted molar refractivity (Wildman–Crippen MR) is 266 cm³/mol. The van der Waals surface area contributed by atoms with Gasteiger partial charge in [0.15, 0.2) is 0 Å². The quantitative estimate of drug-likeness (QED) is 0.163. The SMILES string of the molecule is Cc1ccc2c(c1)B1c3ccccc3Sc3c1c1c4c(c3-c3c(-c5ccccc5)cccc3-c3ccccc3)N(c3c(F)cccc3F)c3ccc(C)cc3B4c3cc(C)ccc3N21. The molecule has 9 aromatic carbocycles. The number of rotatable bonds is 4. The molecule has 0 N–H and O–H groups in total. The molecule has 4 aliphatic rings. The summed E-state index contributed by atoms with van der Waals surface area (Å²) in [6.07, 6.45) is 0. The van der Waals surface area contributed by atoms with Gasteiger partial charge in [-0.1, -0.05) is 173 Å². The molecule has 4 aliphatic heterocycles. The Morgan fingerprint density at radius 2 is 0.891 bits per heavy atom. The van der Waals surface area contributed by atoms with Crippen LogP contribution in [0.2, 0.25) is 0 Å². The molecule has 0 unspecified atom stereocenters. The molecule has 0 radical (unpaired) electrons. The Hall–Kier alpha value is -7.08. The average Bonchev–Trinajstić information content (AvgIpc) is 3.32. The molecule has 0 aliphatic carbocycles. The molecule has 0 fully saturated rings. The van der Waals surface area contributed by atoms with Crippen LogP contribution in [0.4, 0.5) is 42.9 Å². The van der Waals surface area contributed by atoms with Crippen molar-refractivity contribution >= 4 is 92.1 Å². The first-order chi connectivity index (χ1) is 31.4. The monoisotopic (exact) mass is 842 g/mol. The summed E-state index contributed by atoms with van der Waals surface area (Å²) >= 11 is 1.79. The highest BCUT2D eigenvalue weighted by Crippen LogP contribution is 2.56. The number of hydrogen-bond acceptors (Lipinski definition) is 3. The second-order valence-electron chi connectivity index (χ2n) is 17.6. The molecule has 4 heterocycles. The smallest absolute Gasteiger partial charge is 0.252 e. The van der Waals surface area contributed by atoms with E-state index in [1.54, 1.807) is 11.8 Å². The van der Waals surface area contributed by atoms with Crippen molar-refractivity contribution in [2.24, 2.45) is 0 Å². The van der Waals surface area contributed by atoms with E-state index in [4.69, 9.17) is 0 Å². The molecule has 302 valence electrons. The largest absolute Gasteiger partial charge is 0.312 e. The summed E-state index contributed by atoms with van der Waals surface area (Å²) in [5.41, 5.74) is 21.5. The average molecular weight is 843 g/mol. The van der Waals surface area contributed by atoms with Crippen LogP contribution in [0.1, 0.15) is 16.7 Å². The summed E-state index contributed by atoms with van der Waals surface area (Å²) in [6.45, 7) is 6.11. The second-order valence-corrected chi connectivity index (χ2v) is 18.7. The van der Waals surface area contributed by atoms with E-state index >= 15 is 8.78 Å². The Morgan fingerprint density at radius 1 is 0.406 bits per heavy atom. The Balaban J connectivity index is 1.32. The highest BCUT2D eigenvalue weighted by Gasteiger charge is 2.52. The Labute approximate surface area is 377 Å². The van der Waals surface area contributed by atoms with Crippen LogP contribution >= 0.6 is 11.8 Å². The van der Waals surface area contributed by atoms with Gasteiger partial charge >= 0.3 is 0 Å². The summed E-state index contributed by atoms with van der Waals surface area (Å²) in [4.78, 5) is 6.71. The first kappa shape index (κ1) is 37.5. The number of para-hydroxylation sites is 1. The van der Waals surface area contributed by atoms with Crippen LogP contribution in [0.5, 0.6) is 0 Å². The van der Waals surface area contributed by atoms with Crippen molar-refractivity contribution in [2.45, 2.75) is 30.6 Å². The predicted octanol–water partition coefficient (Wildman–Crippen LogP) is 11.3. The van der Waals surface area contributed by atoms with Gasteiger partial charge in [0.2, 0.25) is 6.71 Å². The lowest BCUT2D eigenvalue weighted by Crippen LogP contribution is -2.68. The molecule has 0 aromatic heterocycles. The fourth-order valence-corrected chi connectivity index (χ4v) is 12.6. The van der Waals surface area contributed by atoms with Gasteiger partial charge in [0.05, 0.1) is 5.69 Å². The maximum absolute atomic E-state index is 17.1. The van der Waals surface area contributed by atoms with Gasteiger partial charge in [0.25, 0.3) is 6.71 Å². The van der Waals surface area contributed by atoms with Gasteiger partial charge in [-0.3, -0.25) is 0 Å². The number of hydrogen-bond donors (Lipinski definition) is 0. The van der Waals surface area contributed by atoms with E-state index < -0.39 is 11.6 Å². The van der Waals surface area contributed by atoms with Gasteiger partial charge in [-0.2, -0.15) is 0 Å². The van der Waals surface area contributed by atoms with E-state index in [2.05, 4.69) is 183 Å². The number of benzene rings is 9. The lowest BCUT2D eigenvalue weighted by atomic mass is 9.29. The Morgan fingerprint density at radius 3 is 1.45 bits per heavy atom. The lowest BCUT2D eigenvalue weighted by Gasteiger charge is -2.50. The number of anilines is 6. The zero-order valence-corrected chi connectivity index (χ0v) is 36.3. The van der Waals surface area contributed by atoms with E-state index in [-0.39, 0.29) is 19.1 Å². The van der Waals surface area contributed by atoms with Crippen LogP contribution in [0.25, 0.3) is 33.4 Å². The normalized spacial score (nSPS) is 13.5. The standard InChI is InChI=1S/C57H38B2F2N2S/c1-33-24-27-46-41(30-33)58-40-20-10-11-23-49(40)64-57-51(50-38(36-14-6-4-7-15-36)18-12-19-39(50)37-16-8-5-9-17-37)55-52-56(53(57)58)62(46)47-28-25-34(2)31-42(47)59(52)43-32-35(3)26-29-48(43)63(55)54-44(60)21-13-22-45(54)61/h4-32H,1-3H3. The van der Waals surface area contributed by atoms with Crippen LogP contribution in [0.3, 0.4) is 0 Å². The topological polar surface area (TPSA) is 6.48 Å². The zero-order chi connectivity index (χ0) is 43.0. The van der Waals surface area contributed by atoms with Crippen LogP contribution in [0, 0.1) is 32.4 Å². The van der Waals surface area contributed by atoms with Crippen molar-refractivity contribution in [3.05, 3.63) is 204 Å². The first-order valence-electron chi connectivity index (χ1n) is 22.0. The Bertz CT molecular complexity index is 3390. The summed E-state index contributed by atoms with van der Waals surface area (Å²) in [5, 5.41) is 0. The molecule has 0 bridgehead atoms. The number of aryl methyl sites for hydroxylation is 3. The van der Waals surface area contributed by atoms with Gasteiger partial charge in [-0.25, -0.2) is 8.78 Å². The fraction of sp³-hybridized carbons (Fsp3) is 0.0526. The second kappa shape index (κ2) is 14.0. The van der Waals surface area contributed by atoms with E-state index in [9.17, 15) is 0 Å². The molecule has 0 atom stereocenters. The van der Waals surface area contributed by atoms with Gasteiger partial charge in [0.1, 0.15) is 17.3 Å². The number of fused-ring (bicyclic) bond motifs is 10. The van der Waals surface area contributed by atoms with Gasteiger partial charge in [-0.05, 0) is 107 Å². The molecule has 0 spiro atoms. The third kappa shape index (κ3) is 5.22. The minimum Gasteiger partial charge on any atom is -0.312 e. The van der Waals surface area contributed by atoms with Crippen molar-refractivity contribution in [2.75, 3.05) is 9.80 Å². The molecule has 7 heteroatoms. The van der Waals surface area contributed by atoms with Crippen LogP contribution < -0.4 is 42.6 Å². The van der Waals surface area contributed by atoms with Crippen LogP contribution in [0.15, 0.2) is 186 Å². The molecular weight excluding hydrogens is 804 g/mol. The van der Waals surface area contributed by atoms with Crippen molar-refractivity contribution in [3.8, 4) is 33.4 Å². The third-order valence-electron chi connectivity index (χ3n) is 13.8. The molecule has 13 rings (SSSR count). The Kier molecular flexibility index (Phi) is 8.17. The molecular formula is C57H38B2F2N2S. The first-order valence-corrected chi connectivity index (χ1v) is 22.8. The van der Waals surface area contributed by atoms with E-state index in [0.717, 1.165) is 88.8 Å². The maximum Gasteiger partial charge on any atom is 0.252 e.